The number of esters is 2. The Morgan fingerprint density at radius 2 is 1.21 bits per heavy atom. The van der Waals surface area contributed by atoms with E-state index in [-0.39, 0.29) is 17.4 Å². The molecule has 0 aliphatic carbocycles. The van der Waals surface area contributed by atoms with Crippen molar-refractivity contribution in [3.63, 3.8) is 0 Å². The zero-order valence-electron chi connectivity index (χ0n) is 23.1. The average molecular weight is 574 g/mol. The third kappa shape index (κ3) is 9.51. The van der Waals surface area contributed by atoms with Gasteiger partial charge < -0.3 is 14.8 Å². The van der Waals surface area contributed by atoms with E-state index in [0.717, 1.165) is 5.56 Å². The first-order chi connectivity index (χ1) is 20.9. The van der Waals surface area contributed by atoms with E-state index in [1.165, 1.54) is 31.4 Å². The van der Waals surface area contributed by atoms with Crippen molar-refractivity contribution in [3.05, 3.63) is 138 Å². The van der Waals surface area contributed by atoms with Gasteiger partial charge in [0, 0.05) is 41.5 Å². The maximum atomic E-state index is 12.6. The highest BCUT2D eigenvalue weighted by Gasteiger charge is 2.09. The van der Waals surface area contributed by atoms with Crippen molar-refractivity contribution in [3.8, 4) is 11.5 Å². The summed E-state index contributed by atoms with van der Waals surface area (Å²) in [6.07, 6.45) is 7.03. The van der Waals surface area contributed by atoms with Gasteiger partial charge in [-0.2, -0.15) is 5.10 Å². The van der Waals surface area contributed by atoms with Crippen molar-refractivity contribution in [2.45, 2.75) is 6.92 Å². The molecule has 9 nitrogen and oxygen atoms in total. The normalized spacial score (nSPS) is 11.0. The van der Waals surface area contributed by atoms with Gasteiger partial charge in [-0.15, -0.1) is 0 Å². The lowest BCUT2D eigenvalue weighted by Crippen LogP contribution is -2.17. The van der Waals surface area contributed by atoms with Crippen LogP contribution in [-0.4, -0.2) is 30.0 Å². The number of ether oxygens (including phenoxy) is 2. The molecule has 0 heterocycles. The van der Waals surface area contributed by atoms with Crippen LogP contribution in [0.5, 0.6) is 11.5 Å². The summed E-state index contributed by atoms with van der Waals surface area (Å²) in [7, 11) is 0. The summed E-state index contributed by atoms with van der Waals surface area (Å²) in [6, 6.07) is 29.1. The van der Waals surface area contributed by atoms with Gasteiger partial charge >= 0.3 is 11.9 Å². The lowest BCUT2D eigenvalue weighted by molar-refractivity contribution is -0.129. The van der Waals surface area contributed by atoms with E-state index < -0.39 is 17.8 Å². The maximum Gasteiger partial charge on any atom is 0.336 e. The molecule has 4 rings (SSSR count). The number of hydrazone groups is 1. The van der Waals surface area contributed by atoms with Gasteiger partial charge in [-0.3, -0.25) is 9.59 Å². The number of benzene rings is 4. The number of anilines is 1. The van der Waals surface area contributed by atoms with Crippen LogP contribution in [0.2, 0.25) is 0 Å². The summed E-state index contributed by atoms with van der Waals surface area (Å²) in [5.74, 6) is -1.40. The number of hydrogen-bond donors (Lipinski definition) is 2. The third-order valence-corrected chi connectivity index (χ3v) is 5.71. The molecular formula is C34H27N3O6. The summed E-state index contributed by atoms with van der Waals surface area (Å²) in [4.78, 5) is 48.5. The molecule has 0 atom stereocenters. The molecule has 0 spiro atoms. The Hall–Kier alpha value is -6.09. The molecule has 4 aromatic rings. The third-order valence-electron chi connectivity index (χ3n) is 5.71. The van der Waals surface area contributed by atoms with Gasteiger partial charge in [0.2, 0.25) is 5.91 Å². The molecule has 0 saturated heterocycles. The van der Waals surface area contributed by atoms with E-state index in [9.17, 15) is 19.2 Å². The number of hydrogen-bond acceptors (Lipinski definition) is 7. The number of carbonyl (C=O) groups excluding carboxylic acids is 4. The van der Waals surface area contributed by atoms with Crippen LogP contribution in [0.4, 0.5) is 5.69 Å². The standard InChI is InChI=1S/C34H27N3O6/c1-24(38)36-29-19-16-27(17-20-29)34(41)37-35-23-28-12-6-8-14-31(28)43-33(40)22-18-26-11-5-7-13-30(26)42-32(39)21-15-25-9-3-2-4-10-25/h2-23H,1H3,(H,36,38)(H,37,41)/b21-15+,22-18+,35-23+. The molecule has 0 radical (unpaired) electrons. The Labute approximate surface area is 248 Å². The van der Waals surface area contributed by atoms with E-state index in [1.54, 1.807) is 78.9 Å². The molecular weight excluding hydrogens is 546 g/mol. The van der Waals surface area contributed by atoms with Crippen LogP contribution in [0.1, 0.15) is 34.0 Å². The van der Waals surface area contributed by atoms with Crippen LogP contribution in [0.3, 0.4) is 0 Å². The Morgan fingerprint density at radius 3 is 1.86 bits per heavy atom. The monoisotopic (exact) mass is 573 g/mol. The fraction of sp³-hybridized carbons (Fsp3) is 0.0294. The lowest BCUT2D eigenvalue weighted by atomic mass is 10.2. The number of rotatable bonds is 10. The quantitative estimate of drug-likeness (QED) is 0.0832. The zero-order valence-corrected chi connectivity index (χ0v) is 23.1. The topological polar surface area (TPSA) is 123 Å². The van der Waals surface area contributed by atoms with Gasteiger partial charge in [0.25, 0.3) is 5.91 Å². The molecule has 4 aromatic carbocycles. The second-order valence-electron chi connectivity index (χ2n) is 8.95. The van der Waals surface area contributed by atoms with Crippen molar-refractivity contribution in [2.75, 3.05) is 5.32 Å². The van der Waals surface area contributed by atoms with E-state index in [1.807, 2.05) is 30.3 Å². The highest BCUT2D eigenvalue weighted by molar-refractivity contribution is 5.97. The largest absolute Gasteiger partial charge is 0.423 e. The van der Waals surface area contributed by atoms with Gasteiger partial charge in [0.1, 0.15) is 11.5 Å². The molecule has 0 bridgehead atoms. The Kier molecular flexibility index (Phi) is 10.5. The highest BCUT2D eigenvalue weighted by atomic mass is 16.5. The first-order valence-electron chi connectivity index (χ1n) is 13.1. The summed E-state index contributed by atoms with van der Waals surface area (Å²) in [5.41, 5.74) is 5.14. The lowest BCUT2D eigenvalue weighted by Gasteiger charge is -2.07. The first kappa shape index (κ1) is 29.9. The molecule has 43 heavy (non-hydrogen) atoms. The fourth-order valence-corrected chi connectivity index (χ4v) is 3.70. The van der Waals surface area contributed by atoms with Gasteiger partial charge in [0.15, 0.2) is 0 Å². The van der Waals surface area contributed by atoms with Crippen molar-refractivity contribution in [1.29, 1.82) is 0 Å². The SMILES string of the molecule is CC(=O)Nc1ccc(C(=O)N/N=C/c2ccccc2OC(=O)/C=C/c2ccccc2OC(=O)/C=C/c2ccccc2)cc1. The van der Waals surface area contributed by atoms with Gasteiger partial charge in [-0.05, 0) is 60.2 Å². The molecule has 214 valence electrons. The first-order valence-corrected chi connectivity index (χ1v) is 13.1. The minimum Gasteiger partial charge on any atom is -0.423 e. The molecule has 9 heteroatoms. The van der Waals surface area contributed by atoms with E-state index in [4.69, 9.17) is 9.47 Å². The zero-order chi connectivity index (χ0) is 30.4. The smallest absolute Gasteiger partial charge is 0.336 e. The van der Waals surface area contributed by atoms with Crippen LogP contribution in [-0.2, 0) is 14.4 Å². The molecule has 0 aromatic heterocycles. The maximum absolute atomic E-state index is 12.6. The van der Waals surface area contributed by atoms with Crippen molar-refractivity contribution in [2.24, 2.45) is 5.10 Å². The Bertz CT molecular complexity index is 1690. The molecule has 0 saturated carbocycles. The van der Waals surface area contributed by atoms with E-state index in [0.29, 0.717) is 22.4 Å². The van der Waals surface area contributed by atoms with Crippen LogP contribution in [0.25, 0.3) is 12.2 Å². The van der Waals surface area contributed by atoms with Crippen molar-refractivity contribution >= 4 is 47.8 Å². The minimum absolute atomic E-state index is 0.213. The summed E-state index contributed by atoms with van der Waals surface area (Å²) < 4.78 is 10.9. The van der Waals surface area contributed by atoms with Crippen LogP contribution < -0.4 is 20.2 Å². The predicted molar refractivity (Wildman–Crippen MR) is 164 cm³/mol. The summed E-state index contributed by atoms with van der Waals surface area (Å²) >= 11 is 0. The van der Waals surface area contributed by atoms with E-state index in [2.05, 4.69) is 15.8 Å². The second-order valence-corrected chi connectivity index (χ2v) is 8.95. The highest BCUT2D eigenvalue weighted by Crippen LogP contribution is 2.21. The average Bonchev–Trinajstić information content (AvgIpc) is 3.01. The molecule has 2 amide bonds. The predicted octanol–water partition coefficient (Wildman–Crippen LogP) is 5.65. The van der Waals surface area contributed by atoms with Gasteiger partial charge in [0.05, 0.1) is 6.21 Å². The van der Waals surface area contributed by atoms with Crippen molar-refractivity contribution in [1.82, 2.24) is 5.43 Å². The number of carbonyl (C=O) groups is 4. The van der Waals surface area contributed by atoms with Crippen LogP contribution >= 0.6 is 0 Å². The van der Waals surface area contributed by atoms with E-state index >= 15 is 0 Å². The Morgan fingerprint density at radius 1 is 0.651 bits per heavy atom. The summed E-state index contributed by atoms with van der Waals surface area (Å²) in [5, 5.41) is 6.59. The number of amides is 2. The number of nitrogens with one attached hydrogen (secondary N) is 2. The molecule has 0 fully saturated rings. The second kappa shape index (κ2) is 15.1. The van der Waals surface area contributed by atoms with Gasteiger partial charge in [-0.25, -0.2) is 15.0 Å². The Balaban J connectivity index is 1.35. The summed E-state index contributed by atoms with van der Waals surface area (Å²) in [6.45, 7) is 1.39. The molecule has 0 aliphatic rings. The fourth-order valence-electron chi connectivity index (χ4n) is 3.70. The number of para-hydroxylation sites is 2. The molecule has 0 aliphatic heterocycles. The van der Waals surface area contributed by atoms with Crippen LogP contribution in [0, 0.1) is 0 Å². The van der Waals surface area contributed by atoms with Crippen molar-refractivity contribution < 1.29 is 28.7 Å². The molecule has 2 N–H and O–H groups in total. The number of nitrogens with zero attached hydrogens (tertiary/aromatic N) is 1. The van der Waals surface area contributed by atoms with Gasteiger partial charge in [-0.1, -0.05) is 60.7 Å². The van der Waals surface area contributed by atoms with Crippen LogP contribution in [0.15, 0.2) is 120 Å². The minimum atomic E-state index is -0.672. The molecule has 0 unspecified atom stereocenters.